The number of anilines is 2. The van der Waals surface area contributed by atoms with Crippen LogP contribution >= 0.6 is 0 Å². The predicted octanol–water partition coefficient (Wildman–Crippen LogP) is 1.91. The van der Waals surface area contributed by atoms with E-state index in [1.807, 2.05) is 13.8 Å². The van der Waals surface area contributed by atoms with Gasteiger partial charge in [-0.25, -0.2) is 0 Å². The average molecular weight is 293 g/mol. The van der Waals surface area contributed by atoms with Crippen LogP contribution < -0.4 is 10.6 Å². The maximum atomic E-state index is 11.4. The molecule has 21 heavy (non-hydrogen) atoms. The molecule has 1 aliphatic heterocycles. The summed E-state index contributed by atoms with van der Waals surface area (Å²) in [4.78, 5) is 22.1. The van der Waals surface area contributed by atoms with Crippen molar-refractivity contribution in [3.05, 3.63) is 27.8 Å². The Labute approximate surface area is 122 Å². The standard InChI is InChI=1S/C14H19N3O4/c1-14(2,3-4-18)8-15-11-7-10-9(6-13(19)16-10)5-12(11)17(20)21/h5,7,15,18H,3-4,6,8H2,1-2H3,(H,16,19). The Bertz CT molecular complexity index is 584. The molecule has 2 rings (SSSR count). The smallest absolute Gasteiger partial charge is 0.292 e. The number of benzene rings is 1. The Kier molecular flexibility index (Phi) is 4.13. The molecule has 0 saturated heterocycles. The van der Waals surface area contributed by atoms with E-state index in [2.05, 4.69) is 10.6 Å². The SMILES string of the molecule is CC(C)(CCO)CNc1cc2c(cc1[N+](=O)[O-])CC(=O)N2. The van der Waals surface area contributed by atoms with E-state index in [0.29, 0.717) is 29.9 Å². The fourth-order valence-corrected chi connectivity index (χ4v) is 2.28. The van der Waals surface area contributed by atoms with Crippen molar-refractivity contribution in [1.29, 1.82) is 0 Å². The highest BCUT2D eigenvalue weighted by atomic mass is 16.6. The number of rotatable bonds is 6. The van der Waals surface area contributed by atoms with Gasteiger partial charge in [0.1, 0.15) is 5.69 Å². The first-order valence-electron chi connectivity index (χ1n) is 6.78. The first-order valence-corrected chi connectivity index (χ1v) is 6.78. The summed E-state index contributed by atoms with van der Waals surface area (Å²) in [5.74, 6) is -0.156. The molecule has 1 aromatic rings. The summed E-state index contributed by atoms with van der Waals surface area (Å²) < 4.78 is 0. The third-order valence-corrected chi connectivity index (χ3v) is 3.59. The van der Waals surface area contributed by atoms with Gasteiger partial charge in [-0.3, -0.25) is 14.9 Å². The lowest BCUT2D eigenvalue weighted by atomic mass is 9.89. The minimum Gasteiger partial charge on any atom is -0.396 e. The molecule has 3 N–H and O–H groups in total. The van der Waals surface area contributed by atoms with Gasteiger partial charge in [0, 0.05) is 24.9 Å². The van der Waals surface area contributed by atoms with E-state index in [1.54, 1.807) is 6.07 Å². The molecule has 0 atom stereocenters. The van der Waals surface area contributed by atoms with Crippen LogP contribution in [0.1, 0.15) is 25.8 Å². The monoisotopic (exact) mass is 293 g/mol. The van der Waals surface area contributed by atoms with Crippen molar-refractivity contribution < 1.29 is 14.8 Å². The number of carbonyl (C=O) groups excluding carboxylic acids is 1. The quantitative estimate of drug-likeness (QED) is 0.549. The Morgan fingerprint density at radius 2 is 2.19 bits per heavy atom. The number of nitrogens with zero attached hydrogens (tertiary/aromatic N) is 1. The summed E-state index contributed by atoms with van der Waals surface area (Å²) in [5, 5.41) is 25.9. The van der Waals surface area contributed by atoms with Crippen LogP contribution in [0.4, 0.5) is 17.1 Å². The molecule has 0 spiro atoms. The Morgan fingerprint density at radius 1 is 1.48 bits per heavy atom. The molecular formula is C14H19N3O4. The molecule has 0 bridgehead atoms. The predicted molar refractivity (Wildman–Crippen MR) is 79.4 cm³/mol. The minimum atomic E-state index is -0.454. The van der Waals surface area contributed by atoms with Gasteiger partial charge < -0.3 is 15.7 Å². The van der Waals surface area contributed by atoms with Crippen LogP contribution in [0.3, 0.4) is 0 Å². The summed E-state index contributed by atoms with van der Waals surface area (Å²) in [6.07, 6.45) is 0.766. The zero-order chi connectivity index (χ0) is 15.6. The zero-order valence-electron chi connectivity index (χ0n) is 12.1. The first-order chi connectivity index (χ1) is 9.82. The Hall–Kier alpha value is -2.15. The zero-order valence-corrected chi connectivity index (χ0v) is 12.1. The van der Waals surface area contributed by atoms with E-state index >= 15 is 0 Å². The Balaban J connectivity index is 2.24. The van der Waals surface area contributed by atoms with Crippen LogP contribution in [0.2, 0.25) is 0 Å². The highest BCUT2D eigenvalue weighted by Crippen LogP contribution is 2.35. The molecule has 0 aliphatic carbocycles. The van der Waals surface area contributed by atoms with Gasteiger partial charge in [0.25, 0.3) is 5.69 Å². The van der Waals surface area contributed by atoms with Gasteiger partial charge in [-0.15, -0.1) is 0 Å². The molecule has 0 radical (unpaired) electrons. The van der Waals surface area contributed by atoms with E-state index in [-0.39, 0.29) is 30.0 Å². The lowest BCUT2D eigenvalue weighted by molar-refractivity contribution is -0.384. The third kappa shape index (κ3) is 3.49. The molecule has 1 aromatic carbocycles. The van der Waals surface area contributed by atoms with Crippen LogP contribution in [0.5, 0.6) is 0 Å². The molecule has 0 saturated carbocycles. The molecule has 0 unspecified atom stereocenters. The lowest BCUT2D eigenvalue weighted by Crippen LogP contribution is -2.24. The maximum absolute atomic E-state index is 11.4. The van der Waals surface area contributed by atoms with Crippen molar-refractivity contribution in [2.75, 3.05) is 23.8 Å². The number of aliphatic hydroxyl groups is 1. The van der Waals surface area contributed by atoms with Gasteiger partial charge in [0.2, 0.25) is 5.91 Å². The summed E-state index contributed by atoms with van der Waals surface area (Å²) in [7, 11) is 0. The molecule has 7 nitrogen and oxygen atoms in total. The molecular weight excluding hydrogens is 274 g/mol. The van der Waals surface area contributed by atoms with Gasteiger partial charge in [0.15, 0.2) is 0 Å². The number of amides is 1. The normalized spacial score (nSPS) is 13.8. The van der Waals surface area contributed by atoms with E-state index in [0.717, 1.165) is 0 Å². The number of nitrogens with one attached hydrogen (secondary N) is 2. The van der Waals surface area contributed by atoms with Crippen molar-refractivity contribution in [3.8, 4) is 0 Å². The first kappa shape index (κ1) is 15.2. The number of aliphatic hydroxyl groups excluding tert-OH is 1. The third-order valence-electron chi connectivity index (χ3n) is 3.59. The molecule has 0 aromatic heterocycles. The van der Waals surface area contributed by atoms with Crippen LogP contribution in [-0.4, -0.2) is 29.1 Å². The van der Waals surface area contributed by atoms with Crippen LogP contribution in [0.25, 0.3) is 0 Å². The number of hydrogen-bond acceptors (Lipinski definition) is 5. The van der Waals surface area contributed by atoms with Gasteiger partial charge in [-0.2, -0.15) is 0 Å². The fourth-order valence-electron chi connectivity index (χ4n) is 2.28. The summed E-state index contributed by atoms with van der Waals surface area (Å²) in [6, 6.07) is 3.04. The highest BCUT2D eigenvalue weighted by molar-refractivity contribution is 6.00. The van der Waals surface area contributed by atoms with Crippen molar-refractivity contribution in [1.82, 2.24) is 0 Å². The van der Waals surface area contributed by atoms with Crippen LogP contribution in [0.15, 0.2) is 12.1 Å². The molecule has 7 heteroatoms. The molecule has 1 amide bonds. The van der Waals surface area contributed by atoms with E-state index in [1.165, 1.54) is 6.07 Å². The van der Waals surface area contributed by atoms with Gasteiger partial charge in [-0.1, -0.05) is 13.8 Å². The van der Waals surface area contributed by atoms with E-state index < -0.39 is 4.92 Å². The molecule has 1 aliphatic rings. The average Bonchev–Trinajstić information content (AvgIpc) is 2.74. The fraction of sp³-hybridized carbons (Fsp3) is 0.500. The van der Waals surface area contributed by atoms with Crippen LogP contribution in [-0.2, 0) is 11.2 Å². The van der Waals surface area contributed by atoms with Crippen LogP contribution in [0, 0.1) is 15.5 Å². The van der Waals surface area contributed by atoms with Gasteiger partial charge in [0.05, 0.1) is 11.3 Å². The van der Waals surface area contributed by atoms with Crippen molar-refractivity contribution in [3.63, 3.8) is 0 Å². The molecule has 1 heterocycles. The van der Waals surface area contributed by atoms with Crippen molar-refractivity contribution in [2.45, 2.75) is 26.7 Å². The van der Waals surface area contributed by atoms with Gasteiger partial charge >= 0.3 is 0 Å². The van der Waals surface area contributed by atoms with E-state index in [9.17, 15) is 14.9 Å². The molecule has 114 valence electrons. The highest BCUT2D eigenvalue weighted by Gasteiger charge is 2.25. The van der Waals surface area contributed by atoms with Crippen molar-refractivity contribution >= 4 is 23.0 Å². The number of nitro groups is 1. The van der Waals surface area contributed by atoms with E-state index in [4.69, 9.17) is 5.11 Å². The number of fused-ring (bicyclic) bond motifs is 1. The second-order valence-electron chi connectivity index (χ2n) is 6.00. The largest absolute Gasteiger partial charge is 0.396 e. The number of carbonyl (C=O) groups is 1. The second-order valence-corrected chi connectivity index (χ2v) is 6.00. The summed E-state index contributed by atoms with van der Waals surface area (Å²) >= 11 is 0. The second kappa shape index (κ2) is 5.69. The molecule has 0 fully saturated rings. The minimum absolute atomic E-state index is 0.0370. The topological polar surface area (TPSA) is 104 Å². The summed E-state index contributed by atoms with van der Waals surface area (Å²) in [6.45, 7) is 4.49. The Morgan fingerprint density at radius 3 is 2.81 bits per heavy atom. The van der Waals surface area contributed by atoms with Crippen molar-refractivity contribution in [2.24, 2.45) is 5.41 Å². The summed E-state index contributed by atoms with van der Waals surface area (Å²) in [5.41, 5.74) is 1.42. The maximum Gasteiger partial charge on any atom is 0.292 e. The number of hydrogen-bond donors (Lipinski definition) is 3. The number of nitro benzene ring substituents is 1. The lowest BCUT2D eigenvalue weighted by Gasteiger charge is -2.24. The van der Waals surface area contributed by atoms with Gasteiger partial charge in [-0.05, 0) is 23.5 Å².